The Morgan fingerprint density at radius 3 is 2.50 bits per heavy atom. The maximum absolute atomic E-state index is 9.31. The number of rotatable bonds is 2. The number of aliphatic hydroxyl groups excluding tert-OH is 1. The van der Waals surface area contributed by atoms with E-state index in [0.717, 1.165) is 19.6 Å². The van der Waals surface area contributed by atoms with Gasteiger partial charge in [-0.3, -0.25) is 4.90 Å². The summed E-state index contributed by atoms with van der Waals surface area (Å²) in [5.74, 6) is 0. The summed E-state index contributed by atoms with van der Waals surface area (Å²) >= 11 is 0. The van der Waals surface area contributed by atoms with Crippen LogP contribution >= 0.6 is 0 Å². The summed E-state index contributed by atoms with van der Waals surface area (Å²) in [6.45, 7) is 4.96. The lowest BCUT2D eigenvalue weighted by Crippen LogP contribution is -2.53. The lowest BCUT2D eigenvalue weighted by Gasteiger charge is -2.35. The summed E-state index contributed by atoms with van der Waals surface area (Å²) in [7, 11) is 0. The van der Waals surface area contributed by atoms with Gasteiger partial charge >= 0.3 is 0 Å². The van der Waals surface area contributed by atoms with Crippen LogP contribution in [0.2, 0.25) is 0 Å². The van der Waals surface area contributed by atoms with Gasteiger partial charge < -0.3 is 10.4 Å². The third-order valence-electron chi connectivity index (χ3n) is 3.01. The van der Waals surface area contributed by atoms with Crippen molar-refractivity contribution >= 4 is 0 Å². The molecule has 2 heterocycles. The zero-order chi connectivity index (χ0) is 8.55. The third-order valence-corrected chi connectivity index (χ3v) is 3.01. The number of aliphatic hydroxyl groups is 1. The van der Waals surface area contributed by atoms with Gasteiger partial charge in [-0.15, -0.1) is 0 Å². The highest BCUT2D eigenvalue weighted by Crippen LogP contribution is 2.26. The molecule has 2 saturated heterocycles. The Balaban J connectivity index is 1.96. The predicted octanol–water partition coefficient (Wildman–Crippen LogP) is -0.197. The number of hydrogen-bond donors (Lipinski definition) is 2. The Labute approximate surface area is 73.8 Å². The van der Waals surface area contributed by atoms with Gasteiger partial charge in [-0.2, -0.15) is 0 Å². The van der Waals surface area contributed by atoms with Crippen LogP contribution in [-0.4, -0.2) is 47.8 Å². The summed E-state index contributed by atoms with van der Waals surface area (Å²) in [5.41, 5.74) is 0. The molecule has 70 valence electrons. The molecule has 2 fully saturated rings. The Bertz CT molecular complexity index is 145. The third kappa shape index (κ3) is 1.49. The maximum atomic E-state index is 9.31. The van der Waals surface area contributed by atoms with Gasteiger partial charge in [-0.05, 0) is 19.8 Å². The van der Waals surface area contributed by atoms with Gasteiger partial charge in [0.2, 0.25) is 0 Å². The Kier molecular flexibility index (Phi) is 2.35. The quantitative estimate of drug-likeness (QED) is 0.602. The van der Waals surface area contributed by atoms with Crippen LogP contribution in [0.5, 0.6) is 0 Å². The molecular formula is C9H18N2O. The molecule has 2 unspecified atom stereocenters. The van der Waals surface area contributed by atoms with E-state index in [1.165, 1.54) is 12.8 Å². The van der Waals surface area contributed by atoms with Gasteiger partial charge in [-0.25, -0.2) is 0 Å². The van der Waals surface area contributed by atoms with E-state index in [-0.39, 0.29) is 6.10 Å². The average Bonchev–Trinajstić information content (AvgIpc) is 2.30. The van der Waals surface area contributed by atoms with Crippen LogP contribution in [-0.2, 0) is 0 Å². The summed E-state index contributed by atoms with van der Waals surface area (Å²) < 4.78 is 0. The summed E-state index contributed by atoms with van der Waals surface area (Å²) in [6.07, 6.45) is 2.45. The van der Waals surface area contributed by atoms with Gasteiger partial charge in [0.15, 0.2) is 0 Å². The molecule has 3 heteroatoms. The van der Waals surface area contributed by atoms with E-state index >= 15 is 0 Å². The zero-order valence-corrected chi connectivity index (χ0v) is 7.66. The molecular weight excluding hydrogens is 152 g/mol. The second-order valence-electron chi connectivity index (χ2n) is 4.09. The normalized spacial score (nSPS) is 38.5. The lowest BCUT2D eigenvalue weighted by atomic mass is 10.2. The minimum Gasteiger partial charge on any atom is -0.392 e. The second-order valence-corrected chi connectivity index (χ2v) is 4.09. The zero-order valence-electron chi connectivity index (χ0n) is 7.66. The van der Waals surface area contributed by atoms with Crippen LogP contribution in [0.25, 0.3) is 0 Å². The Morgan fingerprint density at radius 1 is 1.42 bits per heavy atom. The topological polar surface area (TPSA) is 35.5 Å². The molecule has 2 bridgehead atoms. The summed E-state index contributed by atoms with van der Waals surface area (Å²) in [6, 6.07) is 1.39. The van der Waals surface area contributed by atoms with E-state index in [0.29, 0.717) is 12.1 Å². The smallest absolute Gasteiger partial charge is 0.0639 e. The second kappa shape index (κ2) is 3.32. The highest BCUT2D eigenvalue weighted by molar-refractivity contribution is 4.94. The van der Waals surface area contributed by atoms with Crippen molar-refractivity contribution in [2.24, 2.45) is 0 Å². The number of piperazine rings is 1. The molecule has 2 aliphatic rings. The first-order chi connectivity index (χ1) is 5.77. The molecule has 0 aromatic carbocycles. The van der Waals surface area contributed by atoms with E-state index < -0.39 is 0 Å². The van der Waals surface area contributed by atoms with Crippen molar-refractivity contribution in [3.05, 3.63) is 0 Å². The fraction of sp³-hybridized carbons (Fsp3) is 1.00. The molecule has 0 saturated carbocycles. The van der Waals surface area contributed by atoms with E-state index in [9.17, 15) is 5.11 Å². The van der Waals surface area contributed by atoms with Crippen LogP contribution in [0.1, 0.15) is 19.8 Å². The average molecular weight is 170 g/mol. The standard InChI is InChI=1S/C9H18N2O/c1-7(12)6-11-8-2-3-9(11)5-10-4-8/h7-10,12H,2-6H2,1H3/t7-,8?,9?/m1/s1. The maximum Gasteiger partial charge on any atom is 0.0639 e. The molecule has 2 N–H and O–H groups in total. The Hall–Kier alpha value is -0.120. The van der Waals surface area contributed by atoms with Gasteiger partial charge in [0, 0.05) is 31.7 Å². The molecule has 0 spiro atoms. The molecule has 0 aromatic heterocycles. The van der Waals surface area contributed by atoms with Gasteiger partial charge in [0.05, 0.1) is 6.10 Å². The molecule has 0 radical (unpaired) electrons. The molecule has 0 amide bonds. The molecule has 2 aliphatic heterocycles. The first-order valence-corrected chi connectivity index (χ1v) is 4.92. The van der Waals surface area contributed by atoms with Crippen molar-refractivity contribution in [1.82, 2.24) is 10.2 Å². The minimum atomic E-state index is -0.175. The fourth-order valence-electron chi connectivity index (χ4n) is 2.47. The van der Waals surface area contributed by atoms with Crippen molar-refractivity contribution in [3.63, 3.8) is 0 Å². The van der Waals surface area contributed by atoms with Crippen LogP contribution in [0.15, 0.2) is 0 Å². The van der Waals surface area contributed by atoms with Crippen molar-refractivity contribution in [1.29, 1.82) is 0 Å². The Morgan fingerprint density at radius 2 is 2.00 bits per heavy atom. The van der Waals surface area contributed by atoms with Gasteiger partial charge in [-0.1, -0.05) is 0 Å². The summed E-state index contributed by atoms with van der Waals surface area (Å²) in [5, 5.41) is 12.7. The van der Waals surface area contributed by atoms with Crippen LogP contribution < -0.4 is 5.32 Å². The molecule has 0 aliphatic carbocycles. The molecule has 3 atom stereocenters. The lowest BCUT2D eigenvalue weighted by molar-refractivity contribution is 0.0785. The van der Waals surface area contributed by atoms with Crippen molar-refractivity contribution < 1.29 is 5.11 Å². The van der Waals surface area contributed by atoms with Gasteiger partial charge in [0.25, 0.3) is 0 Å². The van der Waals surface area contributed by atoms with Crippen molar-refractivity contribution in [3.8, 4) is 0 Å². The largest absolute Gasteiger partial charge is 0.392 e. The first-order valence-electron chi connectivity index (χ1n) is 4.92. The van der Waals surface area contributed by atoms with Crippen LogP contribution in [0.4, 0.5) is 0 Å². The number of nitrogens with one attached hydrogen (secondary N) is 1. The molecule has 0 aromatic rings. The van der Waals surface area contributed by atoms with E-state index in [1.54, 1.807) is 0 Å². The fourth-order valence-corrected chi connectivity index (χ4v) is 2.47. The molecule has 12 heavy (non-hydrogen) atoms. The minimum absolute atomic E-state index is 0.175. The predicted molar refractivity (Wildman–Crippen MR) is 48.1 cm³/mol. The van der Waals surface area contributed by atoms with E-state index in [4.69, 9.17) is 0 Å². The van der Waals surface area contributed by atoms with Crippen LogP contribution in [0, 0.1) is 0 Å². The highest BCUT2D eigenvalue weighted by Gasteiger charge is 2.36. The number of fused-ring (bicyclic) bond motifs is 2. The summed E-state index contributed by atoms with van der Waals surface area (Å²) in [4.78, 5) is 2.47. The van der Waals surface area contributed by atoms with E-state index in [1.807, 2.05) is 6.92 Å². The first kappa shape index (κ1) is 8.48. The highest BCUT2D eigenvalue weighted by atomic mass is 16.3. The number of nitrogens with zero attached hydrogens (tertiary/aromatic N) is 1. The van der Waals surface area contributed by atoms with E-state index in [2.05, 4.69) is 10.2 Å². The molecule has 3 nitrogen and oxygen atoms in total. The van der Waals surface area contributed by atoms with Crippen molar-refractivity contribution in [2.75, 3.05) is 19.6 Å². The van der Waals surface area contributed by atoms with Crippen LogP contribution in [0.3, 0.4) is 0 Å². The molecule has 2 rings (SSSR count). The van der Waals surface area contributed by atoms with Gasteiger partial charge in [0.1, 0.15) is 0 Å². The number of hydrogen-bond acceptors (Lipinski definition) is 3. The van der Waals surface area contributed by atoms with Crippen molar-refractivity contribution in [2.45, 2.75) is 38.0 Å². The SMILES string of the molecule is C[C@@H](O)CN1C2CCC1CNC2. The monoisotopic (exact) mass is 170 g/mol.